The van der Waals surface area contributed by atoms with E-state index in [0.29, 0.717) is 26.1 Å². The summed E-state index contributed by atoms with van der Waals surface area (Å²) in [5.41, 5.74) is -2.71. The largest absolute Gasteiger partial charge is 0.394 e. The fourth-order valence-corrected chi connectivity index (χ4v) is 6.39. The van der Waals surface area contributed by atoms with Crippen molar-refractivity contribution in [2.24, 2.45) is 11.8 Å². The van der Waals surface area contributed by atoms with E-state index in [4.69, 9.17) is 4.74 Å². The third-order valence-corrected chi connectivity index (χ3v) is 8.00. The van der Waals surface area contributed by atoms with Gasteiger partial charge >= 0.3 is 0 Å². The van der Waals surface area contributed by atoms with E-state index in [-0.39, 0.29) is 24.3 Å². The molecule has 0 aliphatic carbocycles. The van der Waals surface area contributed by atoms with Crippen LogP contribution in [0.25, 0.3) is 0 Å². The number of hydrogen-bond acceptors (Lipinski definition) is 5. The number of likely N-dealkylation sites (tertiary alicyclic amines) is 1. The Kier molecular flexibility index (Phi) is 6.22. The van der Waals surface area contributed by atoms with E-state index in [1.54, 1.807) is 16.7 Å². The van der Waals surface area contributed by atoms with Crippen LogP contribution in [0.5, 0.6) is 0 Å². The van der Waals surface area contributed by atoms with Gasteiger partial charge in [0.25, 0.3) is 0 Å². The highest BCUT2D eigenvalue weighted by molar-refractivity contribution is 6.00. The van der Waals surface area contributed by atoms with Crippen molar-refractivity contribution in [1.29, 1.82) is 0 Å². The van der Waals surface area contributed by atoms with Gasteiger partial charge in [0, 0.05) is 25.2 Å². The lowest BCUT2D eigenvalue weighted by Gasteiger charge is -2.42. The number of nitrogens with zero attached hydrogens (tertiary/aromatic N) is 3. The van der Waals surface area contributed by atoms with Crippen LogP contribution in [0.15, 0.2) is 24.3 Å². The van der Waals surface area contributed by atoms with Crippen molar-refractivity contribution in [2.45, 2.75) is 83.2 Å². The summed E-state index contributed by atoms with van der Waals surface area (Å²) < 4.78 is 6.89. The normalized spacial score (nSPS) is 36.4. The molecule has 1 N–H and O–H groups in total. The molecular weight excluding hydrogens is 434 g/mol. The predicted octanol–water partition coefficient (Wildman–Crippen LogP) is 1.73. The first-order chi connectivity index (χ1) is 16.0. The summed E-state index contributed by atoms with van der Waals surface area (Å²) in [5, 5.41) is 10.0. The van der Waals surface area contributed by atoms with E-state index in [9.17, 15) is 19.5 Å². The summed E-state index contributed by atoms with van der Waals surface area (Å²) in [6, 6.07) is -1.53. The molecule has 8 nitrogen and oxygen atoms in total. The summed E-state index contributed by atoms with van der Waals surface area (Å²) in [6.07, 6.45) is 9.01. The highest BCUT2D eigenvalue weighted by Crippen LogP contribution is 2.59. The number of fused-ring (bicyclic) bond motifs is 2. The fourth-order valence-electron chi connectivity index (χ4n) is 6.39. The van der Waals surface area contributed by atoms with E-state index < -0.39 is 40.7 Å². The van der Waals surface area contributed by atoms with Crippen molar-refractivity contribution in [2.75, 3.05) is 26.2 Å². The van der Waals surface area contributed by atoms with Gasteiger partial charge in [0.2, 0.25) is 17.7 Å². The molecule has 0 bridgehead atoms. The van der Waals surface area contributed by atoms with Crippen LogP contribution in [-0.4, -0.2) is 92.6 Å². The van der Waals surface area contributed by atoms with E-state index in [1.165, 1.54) is 4.90 Å². The summed E-state index contributed by atoms with van der Waals surface area (Å²) in [7, 11) is 0. The second-order valence-corrected chi connectivity index (χ2v) is 11.1. The Morgan fingerprint density at radius 3 is 2.32 bits per heavy atom. The zero-order valence-corrected chi connectivity index (χ0v) is 21.3. The standard InChI is InChI=1S/C26H39N3O5/c1-7-13-27-14-9-11-25(8-2)18(21(27)31)19-22(32)29(17(3)16-30)20-23(33)28(24(4,5)6)15-10-12-26(19,20)34-25/h9-12,17-20,30H,7-8,13-16H2,1-6H3/t17-,18-,19+,20?,25+,26+/m1/s1. The Hall–Kier alpha value is -2.19. The second-order valence-electron chi connectivity index (χ2n) is 11.1. The first-order valence-corrected chi connectivity index (χ1v) is 12.6. The predicted molar refractivity (Wildman–Crippen MR) is 128 cm³/mol. The van der Waals surface area contributed by atoms with Crippen LogP contribution in [-0.2, 0) is 19.1 Å². The first kappa shape index (κ1) is 24.9. The lowest BCUT2D eigenvalue weighted by Crippen LogP contribution is -2.60. The highest BCUT2D eigenvalue weighted by Gasteiger charge is 2.75. The van der Waals surface area contributed by atoms with Crippen LogP contribution >= 0.6 is 0 Å². The maximum absolute atomic E-state index is 14.1. The Morgan fingerprint density at radius 2 is 1.74 bits per heavy atom. The molecule has 4 aliphatic heterocycles. The van der Waals surface area contributed by atoms with Gasteiger partial charge in [-0.2, -0.15) is 0 Å². The van der Waals surface area contributed by atoms with Gasteiger partial charge < -0.3 is 24.5 Å². The number of rotatable bonds is 5. The molecule has 34 heavy (non-hydrogen) atoms. The molecule has 0 aromatic carbocycles. The molecule has 6 atom stereocenters. The Labute approximate surface area is 202 Å². The number of carbonyl (C=O) groups is 3. The number of aliphatic hydroxyl groups excluding tert-OH is 1. The molecule has 0 aromatic heterocycles. The molecule has 1 spiro atoms. The minimum Gasteiger partial charge on any atom is -0.394 e. The molecule has 0 aromatic rings. The van der Waals surface area contributed by atoms with Crippen LogP contribution in [0.3, 0.4) is 0 Å². The monoisotopic (exact) mass is 473 g/mol. The summed E-state index contributed by atoms with van der Waals surface area (Å²) in [5.74, 6) is -2.16. The average Bonchev–Trinajstić information content (AvgIpc) is 3.08. The Bertz CT molecular complexity index is 924. The van der Waals surface area contributed by atoms with Gasteiger partial charge in [0.05, 0.1) is 30.1 Å². The zero-order chi connectivity index (χ0) is 25.1. The number of ether oxygens (including phenoxy) is 1. The van der Waals surface area contributed by atoms with Gasteiger partial charge in [-0.1, -0.05) is 38.2 Å². The van der Waals surface area contributed by atoms with Gasteiger partial charge in [0.15, 0.2) is 0 Å². The number of hydrogen-bond donors (Lipinski definition) is 1. The molecule has 3 amide bonds. The van der Waals surface area contributed by atoms with Gasteiger partial charge in [-0.3, -0.25) is 14.4 Å². The molecule has 0 radical (unpaired) electrons. The quantitative estimate of drug-likeness (QED) is 0.615. The molecule has 188 valence electrons. The van der Waals surface area contributed by atoms with Crippen LogP contribution in [0, 0.1) is 11.8 Å². The van der Waals surface area contributed by atoms with E-state index in [0.717, 1.165) is 6.42 Å². The van der Waals surface area contributed by atoms with Crippen molar-refractivity contribution < 1.29 is 24.2 Å². The molecule has 4 rings (SSSR count). The molecule has 2 fully saturated rings. The highest BCUT2D eigenvalue weighted by atomic mass is 16.5. The maximum atomic E-state index is 14.1. The fraction of sp³-hybridized carbons (Fsp3) is 0.731. The SMILES string of the molecule is CCCN1CC=C[C@]2(CC)O[C@]34C=CCN(C(C)(C)C)C(=O)C3N([C@H](C)CO)C(=O)[C@@H]4[C@@H]2C1=O. The van der Waals surface area contributed by atoms with Crippen molar-refractivity contribution >= 4 is 17.7 Å². The molecule has 2 saturated heterocycles. The Morgan fingerprint density at radius 1 is 1.06 bits per heavy atom. The Balaban J connectivity index is 1.92. The van der Waals surface area contributed by atoms with E-state index in [1.807, 2.05) is 58.9 Å². The smallest absolute Gasteiger partial charge is 0.249 e. The minimum atomic E-state index is -1.27. The van der Waals surface area contributed by atoms with Crippen LogP contribution < -0.4 is 0 Å². The van der Waals surface area contributed by atoms with Crippen LogP contribution in [0.4, 0.5) is 0 Å². The first-order valence-electron chi connectivity index (χ1n) is 12.6. The number of carbonyl (C=O) groups excluding carboxylic acids is 3. The summed E-state index contributed by atoms with van der Waals surface area (Å²) in [6.45, 7) is 12.8. The van der Waals surface area contributed by atoms with Crippen molar-refractivity contribution in [3.05, 3.63) is 24.3 Å². The molecule has 0 saturated carbocycles. The molecule has 8 heteroatoms. The molecule has 4 aliphatic rings. The lowest BCUT2D eigenvalue weighted by molar-refractivity contribution is -0.159. The topological polar surface area (TPSA) is 90.4 Å². The lowest BCUT2D eigenvalue weighted by atomic mass is 9.73. The van der Waals surface area contributed by atoms with Crippen molar-refractivity contribution in [3.8, 4) is 0 Å². The minimum absolute atomic E-state index is 0.0982. The molecule has 4 heterocycles. The zero-order valence-electron chi connectivity index (χ0n) is 21.3. The van der Waals surface area contributed by atoms with E-state index in [2.05, 4.69) is 0 Å². The van der Waals surface area contributed by atoms with Gasteiger partial charge in [-0.15, -0.1) is 0 Å². The van der Waals surface area contributed by atoms with Crippen LogP contribution in [0.2, 0.25) is 0 Å². The van der Waals surface area contributed by atoms with Gasteiger partial charge in [0.1, 0.15) is 11.6 Å². The summed E-state index contributed by atoms with van der Waals surface area (Å²) in [4.78, 5) is 47.2. The number of amides is 3. The average molecular weight is 474 g/mol. The summed E-state index contributed by atoms with van der Waals surface area (Å²) >= 11 is 0. The third-order valence-electron chi connectivity index (χ3n) is 8.00. The maximum Gasteiger partial charge on any atom is 0.249 e. The van der Waals surface area contributed by atoms with Crippen LogP contribution in [0.1, 0.15) is 54.4 Å². The second kappa shape index (κ2) is 8.48. The third kappa shape index (κ3) is 3.36. The van der Waals surface area contributed by atoms with Crippen molar-refractivity contribution in [3.63, 3.8) is 0 Å². The van der Waals surface area contributed by atoms with Gasteiger partial charge in [-0.05, 0) is 40.5 Å². The van der Waals surface area contributed by atoms with Gasteiger partial charge in [-0.25, -0.2) is 0 Å². The molecule has 1 unspecified atom stereocenters. The number of aliphatic hydroxyl groups is 1. The van der Waals surface area contributed by atoms with E-state index >= 15 is 0 Å². The molecular formula is C26H39N3O5. The van der Waals surface area contributed by atoms with Crippen molar-refractivity contribution in [1.82, 2.24) is 14.7 Å².